The lowest BCUT2D eigenvalue weighted by atomic mass is 9.85. The summed E-state index contributed by atoms with van der Waals surface area (Å²) >= 11 is 0. The van der Waals surface area contributed by atoms with Crippen LogP contribution in [-0.4, -0.2) is 46.7 Å². The molecule has 1 aromatic rings. The van der Waals surface area contributed by atoms with Crippen LogP contribution in [0.1, 0.15) is 25.7 Å². The van der Waals surface area contributed by atoms with E-state index in [9.17, 15) is 9.90 Å². The molecule has 1 fully saturated rings. The zero-order valence-corrected chi connectivity index (χ0v) is 13.5. The molecule has 1 amide bonds. The van der Waals surface area contributed by atoms with Gasteiger partial charge in [-0.2, -0.15) is 5.10 Å². The van der Waals surface area contributed by atoms with E-state index in [1.54, 1.807) is 13.3 Å². The summed E-state index contributed by atoms with van der Waals surface area (Å²) in [7, 11) is 1.62. The first-order valence-electron chi connectivity index (χ1n) is 8.23. The maximum Gasteiger partial charge on any atom is 0.229 e. The number of amides is 1. The van der Waals surface area contributed by atoms with Gasteiger partial charge in [-0.1, -0.05) is 12.2 Å². The quantitative estimate of drug-likeness (QED) is 0.771. The normalized spacial score (nSPS) is 29.0. The predicted molar refractivity (Wildman–Crippen MR) is 85.6 cm³/mol. The number of methoxy groups -OCH3 is 1. The first-order chi connectivity index (χ1) is 11.1. The van der Waals surface area contributed by atoms with Crippen molar-refractivity contribution in [2.75, 3.05) is 13.7 Å². The van der Waals surface area contributed by atoms with Crippen molar-refractivity contribution in [2.24, 2.45) is 11.3 Å². The van der Waals surface area contributed by atoms with Crippen molar-refractivity contribution in [1.29, 1.82) is 0 Å². The number of carbonyl (C=O) groups is 1. The van der Waals surface area contributed by atoms with Crippen molar-refractivity contribution in [3.63, 3.8) is 0 Å². The van der Waals surface area contributed by atoms with Crippen molar-refractivity contribution >= 4 is 5.91 Å². The number of nitrogens with zero attached hydrogens (tertiary/aromatic N) is 2. The van der Waals surface area contributed by atoms with E-state index < -0.39 is 11.5 Å². The molecule has 3 atom stereocenters. The Hall–Kier alpha value is -1.66. The summed E-state index contributed by atoms with van der Waals surface area (Å²) in [5, 5.41) is 17.6. The summed E-state index contributed by atoms with van der Waals surface area (Å²) in [4.78, 5) is 12.7. The third-order valence-corrected chi connectivity index (χ3v) is 5.03. The van der Waals surface area contributed by atoms with E-state index in [4.69, 9.17) is 4.74 Å². The second-order valence-corrected chi connectivity index (χ2v) is 6.81. The summed E-state index contributed by atoms with van der Waals surface area (Å²) in [6.07, 6.45) is 10.1. The van der Waals surface area contributed by atoms with E-state index in [0.29, 0.717) is 31.8 Å². The topological polar surface area (TPSA) is 76.4 Å². The summed E-state index contributed by atoms with van der Waals surface area (Å²) < 4.78 is 7.14. The van der Waals surface area contributed by atoms with Crippen LogP contribution in [0, 0.1) is 11.3 Å². The molecule has 2 aliphatic rings. The Morgan fingerprint density at radius 1 is 1.43 bits per heavy atom. The van der Waals surface area contributed by atoms with Gasteiger partial charge in [-0.15, -0.1) is 0 Å². The molecule has 1 aromatic heterocycles. The third kappa shape index (κ3) is 3.48. The fourth-order valence-corrected chi connectivity index (χ4v) is 3.76. The second kappa shape index (κ2) is 6.84. The van der Waals surface area contributed by atoms with Gasteiger partial charge in [-0.25, -0.2) is 0 Å². The molecule has 0 radical (unpaired) electrons. The fourth-order valence-electron chi connectivity index (χ4n) is 3.76. The van der Waals surface area contributed by atoms with E-state index in [0.717, 1.165) is 13.0 Å². The van der Waals surface area contributed by atoms with Crippen molar-refractivity contribution in [3.8, 4) is 0 Å². The maximum absolute atomic E-state index is 12.7. The molecule has 0 aliphatic heterocycles. The highest BCUT2D eigenvalue weighted by molar-refractivity contribution is 5.84. The first kappa shape index (κ1) is 16.2. The molecule has 126 valence electrons. The molecular formula is C17H25N3O3. The molecule has 0 aromatic carbocycles. The van der Waals surface area contributed by atoms with E-state index >= 15 is 0 Å². The van der Waals surface area contributed by atoms with Crippen molar-refractivity contribution in [2.45, 2.75) is 44.4 Å². The standard InChI is InChI=1S/C17H25N3O3/c1-23-12-17(5-2-3-6-17)16(22)19-14-9-13(10-15(14)21)11-20-8-4-7-18-20/h2-4,7-8,13-15,21H,5-6,9-12H2,1H3,(H,19,22)/t13?,14-,15-/m1/s1. The number of aliphatic hydroxyl groups excluding tert-OH is 1. The van der Waals surface area contributed by atoms with Crippen LogP contribution < -0.4 is 5.32 Å². The molecule has 1 saturated carbocycles. The van der Waals surface area contributed by atoms with Crippen LogP contribution in [0.4, 0.5) is 0 Å². The van der Waals surface area contributed by atoms with Crippen molar-refractivity contribution < 1.29 is 14.6 Å². The third-order valence-electron chi connectivity index (χ3n) is 5.03. The Balaban J connectivity index is 1.58. The SMILES string of the molecule is COCC1(C(=O)N[C@@H]2CC(Cn3cccn3)C[C@H]2O)CC=CC1. The smallest absolute Gasteiger partial charge is 0.229 e. The summed E-state index contributed by atoms with van der Waals surface area (Å²) in [5.74, 6) is 0.323. The van der Waals surface area contributed by atoms with Gasteiger partial charge in [0.1, 0.15) is 0 Å². The Kier molecular flexibility index (Phi) is 4.82. The molecule has 2 aliphatic carbocycles. The van der Waals surface area contributed by atoms with Crippen LogP contribution in [-0.2, 0) is 16.1 Å². The largest absolute Gasteiger partial charge is 0.391 e. The van der Waals surface area contributed by atoms with E-state index in [1.807, 2.05) is 29.1 Å². The Morgan fingerprint density at radius 2 is 2.22 bits per heavy atom. The Labute approximate surface area is 136 Å². The highest BCUT2D eigenvalue weighted by Gasteiger charge is 2.42. The lowest BCUT2D eigenvalue weighted by molar-refractivity contribution is -0.134. The number of nitrogens with one attached hydrogen (secondary N) is 1. The van der Waals surface area contributed by atoms with E-state index in [-0.39, 0.29) is 11.9 Å². The number of rotatable bonds is 6. The molecule has 2 N–H and O–H groups in total. The molecule has 6 heteroatoms. The first-order valence-corrected chi connectivity index (χ1v) is 8.23. The molecular weight excluding hydrogens is 294 g/mol. The minimum atomic E-state index is -0.505. The average molecular weight is 319 g/mol. The zero-order valence-electron chi connectivity index (χ0n) is 13.5. The van der Waals surface area contributed by atoms with Crippen LogP contribution in [0.5, 0.6) is 0 Å². The van der Waals surface area contributed by atoms with Gasteiger partial charge in [0.15, 0.2) is 0 Å². The van der Waals surface area contributed by atoms with Gasteiger partial charge < -0.3 is 15.2 Å². The summed E-state index contributed by atoms with van der Waals surface area (Å²) in [6.45, 7) is 1.19. The molecule has 23 heavy (non-hydrogen) atoms. The molecule has 1 heterocycles. The average Bonchev–Trinajstić information content (AvgIpc) is 3.24. The number of ether oxygens (including phenoxy) is 1. The zero-order chi connectivity index (χ0) is 16.3. The fraction of sp³-hybridized carbons (Fsp3) is 0.647. The Morgan fingerprint density at radius 3 is 2.87 bits per heavy atom. The lowest BCUT2D eigenvalue weighted by Gasteiger charge is -2.29. The molecule has 0 bridgehead atoms. The van der Waals surface area contributed by atoms with Gasteiger partial charge in [0.25, 0.3) is 0 Å². The number of carbonyl (C=O) groups excluding carboxylic acids is 1. The van der Waals surface area contributed by atoms with Crippen LogP contribution in [0.2, 0.25) is 0 Å². The van der Waals surface area contributed by atoms with Crippen LogP contribution in [0.3, 0.4) is 0 Å². The minimum Gasteiger partial charge on any atom is -0.391 e. The monoisotopic (exact) mass is 319 g/mol. The molecule has 3 rings (SSSR count). The number of aromatic nitrogens is 2. The second-order valence-electron chi connectivity index (χ2n) is 6.81. The van der Waals surface area contributed by atoms with E-state index in [1.165, 1.54) is 0 Å². The lowest BCUT2D eigenvalue weighted by Crippen LogP contribution is -2.49. The minimum absolute atomic E-state index is 0.00635. The van der Waals surface area contributed by atoms with Crippen LogP contribution >= 0.6 is 0 Å². The molecule has 1 unspecified atom stereocenters. The highest BCUT2D eigenvalue weighted by atomic mass is 16.5. The maximum atomic E-state index is 12.7. The van der Waals surface area contributed by atoms with Crippen molar-refractivity contribution in [1.82, 2.24) is 15.1 Å². The Bertz CT molecular complexity index is 547. The molecule has 0 spiro atoms. The summed E-state index contributed by atoms with van der Waals surface area (Å²) in [5.41, 5.74) is -0.505. The van der Waals surface area contributed by atoms with E-state index in [2.05, 4.69) is 10.4 Å². The number of aliphatic hydroxyl groups is 1. The molecule has 0 saturated heterocycles. The van der Waals surface area contributed by atoms with Gasteiger partial charge in [0.2, 0.25) is 5.91 Å². The van der Waals surface area contributed by atoms with Gasteiger partial charge in [-0.3, -0.25) is 9.48 Å². The molecule has 6 nitrogen and oxygen atoms in total. The number of hydrogen-bond donors (Lipinski definition) is 2. The van der Waals surface area contributed by atoms with Gasteiger partial charge in [0.05, 0.1) is 24.2 Å². The highest BCUT2D eigenvalue weighted by Crippen LogP contribution is 2.35. The summed E-state index contributed by atoms with van der Waals surface area (Å²) in [6, 6.07) is 1.71. The number of allylic oxidation sites excluding steroid dienone is 2. The predicted octanol–water partition coefficient (Wildman–Crippen LogP) is 1.12. The van der Waals surface area contributed by atoms with Crippen LogP contribution in [0.25, 0.3) is 0 Å². The van der Waals surface area contributed by atoms with Crippen LogP contribution in [0.15, 0.2) is 30.6 Å². The van der Waals surface area contributed by atoms with Gasteiger partial charge >= 0.3 is 0 Å². The number of hydrogen-bond acceptors (Lipinski definition) is 4. The van der Waals surface area contributed by atoms with Gasteiger partial charge in [0, 0.05) is 26.0 Å². The van der Waals surface area contributed by atoms with Gasteiger partial charge in [-0.05, 0) is 37.7 Å². The van der Waals surface area contributed by atoms with Crippen molar-refractivity contribution in [3.05, 3.63) is 30.6 Å².